The molecule has 3 aromatic rings. The van der Waals surface area contributed by atoms with Gasteiger partial charge in [0.2, 0.25) is 11.8 Å². The number of carbonyl (C=O) groups excluding carboxylic acids is 2. The van der Waals surface area contributed by atoms with Gasteiger partial charge in [-0.15, -0.1) is 0 Å². The van der Waals surface area contributed by atoms with E-state index in [0.717, 1.165) is 16.2 Å². The molecule has 1 saturated heterocycles. The summed E-state index contributed by atoms with van der Waals surface area (Å²) in [5, 5.41) is 3.78. The third kappa shape index (κ3) is 5.36. The third-order valence-corrected chi connectivity index (χ3v) is 6.15. The molecule has 8 heteroatoms. The van der Waals surface area contributed by atoms with Gasteiger partial charge in [-0.1, -0.05) is 53.7 Å². The van der Waals surface area contributed by atoms with E-state index < -0.39 is 11.1 Å². The lowest BCUT2D eigenvalue weighted by Gasteiger charge is -2.16. The summed E-state index contributed by atoms with van der Waals surface area (Å²) in [5.74, 6) is -1.10. The van der Waals surface area contributed by atoms with Crippen LogP contribution in [0.4, 0.5) is 15.8 Å². The number of imide groups is 1. The Balaban J connectivity index is 1.53. The minimum atomic E-state index is -0.632. The standard InChI is InChI=1S/C24H19ClFN3O2S/c25-17-8-6-16(7-9-17)15-27-24(28-19-4-2-1-3-5-19)32-21-14-22(30)29(23(21)31)20-12-10-18(26)11-13-20/h1-13,21H,14-15H2,(H,27,28)/t21-/m1/s1. The number of anilines is 2. The highest BCUT2D eigenvalue weighted by atomic mass is 35.5. The maximum atomic E-state index is 13.2. The summed E-state index contributed by atoms with van der Waals surface area (Å²) in [4.78, 5) is 31.3. The van der Waals surface area contributed by atoms with Gasteiger partial charge in [-0.2, -0.15) is 0 Å². The Hall–Kier alpha value is -3.16. The fraction of sp³-hybridized carbons (Fsp3) is 0.125. The Morgan fingerprint density at radius 3 is 2.41 bits per heavy atom. The van der Waals surface area contributed by atoms with Gasteiger partial charge in [0.05, 0.1) is 12.2 Å². The maximum Gasteiger partial charge on any atom is 0.247 e. The molecule has 32 heavy (non-hydrogen) atoms. The summed E-state index contributed by atoms with van der Waals surface area (Å²) < 4.78 is 13.2. The largest absolute Gasteiger partial charge is 0.335 e. The van der Waals surface area contributed by atoms with E-state index >= 15 is 0 Å². The molecule has 0 unspecified atom stereocenters. The molecule has 0 aromatic heterocycles. The predicted octanol–water partition coefficient (Wildman–Crippen LogP) is 5.51. The van der Waals surface area contributed by atoms with Crippen LogP contribution < -0.4 is 10.2 Å². The molecule has 1 fully saturated rings. The smallest absolute Gasteiger partial charge is 0.247 e. The number of amidine groups is 1. The number of thioether (sulfide) groups is 1. The van der Waals surface area contributed by atoms with Gasteiger partial charge < -0.3 is 5.32 Å². The van der Waals surface area contributed by atoms with Crippen molar-refractivity contribution < 1.29 is 14.0 Å². The molecule has 1 atom stereocenters. The highest BCUT2D eigenvalue weighted by Gasteiger charge is 2.40. The number of hydrogen-bond donors (Lipinski definition) is 1. The Morgan fingerprint density at radius 2 is 1.72 bits per heavy atom. The molecule has 4 rings (SSSR count). The van der Waals surface area contributed by atoms with E-state index in [2.05, 4.69) is 10.3 Å². The second-order valence-electron chi connectivity index (χ2n) is 7.09. The van der Waals surface area contributed by atoms with Gasteiger partial charge in [0.1, 0.15) is 11.1 Å². The molecule has 0 bridgehead atoms. The van der Waals surface area contributed by atoms with E-state index in [1.165, 1.54) is 36.0 Å². The number of nitrogens with one attached hydrogen (secondary N) is 1. The predicted molar refractivity (Wildman–Crippen MR) is 128 cm³/mol. The number of hydrogen-bond acceptors (Lipinski definition) is 4. The van der Waals surface area contributed by atoms with Crippen LogP contribution in [0.1, 0.15) is 12.0 Å². The molecule has 1 aliphatic heterocycles. The Morgan fingerprint density at radius 1 is 1.03 bits per heavy atom. The molecule has 1 heterocycles. The van der Waals surface area contributed by atoms with Crippen LogP contribution >= 0.6 is 23.4 Å². The van der Waals surface area contributed by atoms with E-state index in [-0.39, 0.29) is 18.2 Å². The molecule has 1 N–H and O–H groups in total. The third-order valence-electron chi connectivity index (χ3n) is 4.79. The first-order chi connectivity index (χ1) is 15.5. The lowest BCUT2D eigenvalue weighted by Crippen LogP contribution is -2.31. The topological polar surface area (TPSA) is 61.8 Å². The molecule has 1 aliphatic rings. The van der Waals surface area contributed by atoms with Gasteiger partial charge in [-0.3, -0.25) is 14.6 Å². The van der Waals surface area contributed by atoms with Crippen molar-refractivity contribution in [3.05, 3.63) is 95.3 Å². The van der Waals surface area contributed by atoms with E-state index in [0.29, 0.717) is 22.4 Å². The van der Waals surface area contributed by atoms with Crippen LogP contribution in [0.5, 0.6) is 0 Å². The number of nitrogens with zero attached hydrogens (tertiary/aromatic N) is 2. The maximum absolute atomic E-state index is 13.2. The number of carbonyl (C=O) groups is 2. The summed E-state index contributed by atoms with van der Waals surface area (Å²) in [6.07, 6.45) is 0.0390. The normalized spacial score (nSPS) is 16.5. The second kappa shape index (κ2) is 9.97. The van der Waals surface area contributed by atoms with Crippen LogP contribution in [0.25, 0.3) is 0 Å². The van der Waals surface area contributed by atoms with Crippen molar-refractivity contribution in [2.75, 3.05) is 10.2 Å². The van der Waals surface area contributed by atoms with Gasteiger partial charge in [-0.25, -0.2) is 9.29 Å². The molecule has 3 aromatic carbocycles. The Bertz CT molecular complexity index is 1140. The number of amides is 2. The quantitative estimate of drug-likeness (QED) is 0.305. The lowest BCUT2D eigenvalue weighted by atomic mass is 10.2. The van der Waals surface area contributed by atoms with Crippen LogP contribution in [0.3, 0.4) is 0 Å². The van der Waals surface area contributed by atoms with E-state index in [1.54, 1.807) is 12.1 Å². The Labute approximate surface area is 194 Å². The summed E-state index contributed by atoms with van der Waals surface area (Å²) >= 11 is 7.16. The van der Waals surface area contributed by atoms with Crippen LogP contribution in [0, 0.1) is 5.82 Å². The molecule has 0 radical (unpaired) electrons. The molecule has 0 spiro atoms. The summed E-state index contributed by atoms with van der Waals surface area (Å²) in [7, 11) is 0. The van der Waals surface area contributed by atoms with E-state index in [4.69, 9.17) is 11.6 Å². The van der Waals surface area contributed by atoms with Crippen LogP contribution in [0.15, 0.2) is 83.9 Å². The van der Waals surface area contributed by atoms with Crippen molar-refractivity contribution in [3.8, 4) is 0 Å². The van der Waals surface area contributed by atoms with Gasteiger partial charge in [0, 0.05) is 17.1 Å². The first-order valence-electron chi connectivity index (χ1n) is 9.89. The van der Waals surface area contributed by atoms with E-state index in [9.17, 15) is 14.0 Å². The van der Waals surface area contributed by atoms with Crippen molar-refractivity contribution in [3.63, 3.8) is 0 Å². The lowest BCUT2D eigenvalue weighted by molar-refractivity contribution is -0.121. The summed E-state index contributed by atoms with van der Waals surface area (Å²) in [6.45, 7) is 0.385. The monoisotopic (exact) mass is 467 g/mol. The Kier molecular flexibility index (Phi) is 6.87. The minimum absolute atomic E-state index is 0.0390. The number of rotatable bonds is 5. The van der Waals surface area contributed by atoms with Crippen LogP contribution in [0.2, 0.25) is 5.02 Å². The van der Waals surface area contributed by atoms with Crippen molar-refractivity contribution in [1.29, 1.82) is 0 Å². The second-order valence-corrected chi connectivity index (χ2v) is 8.72. The van der Waals surface area contributed by atoms with Gasteiger partial charge in [-0.05, 0) is 54.1 Å². The van der Waals surface area contributed by atoms with Crippen LogP contribution in [-0.4, -0.2) is 22.2 Å². The molecule has 162 valence electrons. The van der Waals surface area contributed by atoms with Crippen molar-refractivity contribution in [2.45, 2.75) is 18.2 Å². The highest BCUT2D eigenvalue weighted by Crippen LogP contribution is 2.31. The summed E-state index contributed by atoms with van der Waals surface area (Å²) in [6, 6.07) is 22.2. The number of aliphatic imine (C=N–C) groups is 1. The van der Waals surface area contributed by atoms with Gasteiger partial charge in [0.15, 0.2) is 5.17 Å². The molecular weight excluding hydrogens is 449 g/mol. The number of benzene rings is 3. The van der Waals surface area contributed by atoms with E-state index in [1.807, 2.05) is 42.5 Å². The fourth-order valence-electron chi connectivity index (χ4n) is 3.20. The average Bonchev–Trinajstić information content (AvgIpc) is 3.07. The average molecular weight is 468 g/mol. The fourth-order valence-corrected chi connectivity index (χ4v) is 4.34. The summed E-state index contributed by atoms with van der Waals surface area (Å²) in [5.41, 5.74) is 2.14. The molecular formula is C24H19ClFN3O2S. The number of halogens is 2. The van der Waals surface area contributed by atoms with Crippen molar-refractivity contribution in [2.24, 2.45) is 4.99 Å². The molecule has 0 aliphatic carbocycles. The van der Waals surface area contributed by atoms with Crippen LogP contribution in [-0.2, 0) is 16.1 Å². The number of para-hydroxylation sites is 1. The van der Waals surface area contributed by atoms with Gasteiger partial charge >= 0.3 is 0 Å². The zero-order valence-electron chi connectivity index (χ0n) is 16.9. The molecule has 0 saturated carbocycles. The zero-order chi connectivity index (χ0) is 22.5. The highest BCUT2D eigenvalue weighted by molar-refractivity contribution is 8.15. The first-order valence-corrected chi connectivity index (χ1v) is 11.2. The van der Waals surface area contributed by atoms with Crippen molar-refractivity contribution in [1.82, 2.24) is 0 Å². The molecule has 2 amide bonds. The molecule has 5 nitrogen and oxygen atoms in total. The van der Waals surface area contributed by atoms with Crippen molar-refractivity contribution >= 4 is 51.7 Å². The minimum Gasteiger partial charge on any atom is -0.335 e. The first kappa shape index (κ1) is 22.0. The van der Waals surface area contributed by atoms with Gasteiger partial charge in [0.25, 0.3) is 0 Å². The SMILES string of the molecule is O=C1C[C@@H](SC(=NCc2ccc(Cl)cc2)Nc2ccccc2)C(=O)N1c1ccc(F)cc1. The zero-order valence-corrected chi connectivity index (χ0v) is 18.4.